The lowest BCUT2D eigenvalue weighted by molar-refractivity contribution is 0.324. The molecule has 0 aliphatic carbocycles. The number of methoxy groups -OCH3 is 3. The molecule has 0 aliphatic heterocycles. The highest BCUT2D eigenvalue weighted by Gasteiger charge is 2.12. The minimum atomic E-state index is 0.340. The molecule has 0 unspecified atom stereocenters. The quantitative estimate of drug-likeness (QED) is 0.629. The van der Waals surface area contributed by atoms with Crippen LogP contribution in [0.5, 0.6) is 17.2 Å². The van der Waals surface area contributed by atoms with E-state index in [4.69, 9.17) is 19.9 Å². The summed E-state index contributed by atoms with van der Waals surface area (Å²) in [5.41, 5.74) is 8.93. The third-order valence-electron chi connectivity index (χ3n) is 3.48. The number of hydrogen-bond donors (Lipinski definition) is 2. The molecule has 0 bridgehead atoms. The maximum absolute atomic E-state index is 5.94. The van der Waals surface area contributed by atoms with Gasteiger partial charge in [-0.2, -0.15) is 0 Å². The molecule has 0 fully saturated rings. The lowest BCUT2D eigenvalue weighted by Crippen LogP contribution is -2.22. The minimum Gasteiger partial charge on any atom is -0.493 e. The Morgan fingerprint density at radius 3 is 2.08 bits per heavy atom. The second-order valence-electron chi connectivity index (χ2n) is 5.23. The number of guanidine groups is 1. The average Bonchev–Trinajstić information content (AvgIpc) is 2.60. The first-order valence-corrected chi connectivity index (χ1v) is 7.50. The van der Waals surface area contributed by atoms with Gasteiger partial charge in [0.2, 0.25) is 5.75 Å². The molecule has 128 valence electrons. The molecule has 2 aromatic rings. The van der Waals surface area contributed by atoms with Crippen LogP contribution in [-0.4, -0.2) is 27.3 Å². The van der Waals surface area contributed by atoms with Crippen LogP contribution in [0.2, 0.25) is 0 Å². The molecular weight excluding hydrogens is 306 g/mol. The predicted molar refractivity (Wildman–Crippen MR) is 96.2 cm³/mol. The number of nitrogens with zero attached hydrogens (tertiary/aromatic N) is 1. The van der Waals surface area contributed by atoms with Crippen LogP contribution < -0.4 is 25.3 Å². The molecule has 0 aromatic heterocycles. The maximum Gasteiger partial charge on any atom is 0.203 e. The highest BCUT2D eigenvalue weighted by Crippen LogP contribution is 2.38. The van der Waals surface area contributed by atoms with E-state index in [0.717, 1.165) is 11.3 Å². The Labute approximate surface area is 142 Å². The number of anilines is 1. The van der Waals surface area contributed by atoms with Gasteiger partial charge in [-0.25, -0.2) is 4.99 Å². The first kappa shape index (κ1) is 17.5. The Kier molecular flexibility index (Phi) is 5.89. The molecule has 0 heterocycles. The number of ether oxygens (including phenoxy) is 3. The van der Waals surface area contributed by atoms with Gasteiger partial charge in [0.1, 0.15) is 0 Å². The number of hydrogen-bond acceptors (Lipinski definition) is 4. The molecule has 0 radical (unpaired) electrons. The van der Waals surface area contributed by atoms with E-state index in [9.17, 15) is 0 Å². The Balaban J connectivity index is 2.13. The smallest absolute Gasteiger partial charge is 0.203 e. The molecule has 6 heteroatoms. The summed E-state index contributed by atoms with van der Waals surface area (Å²) in [6.45, 7) is 2.42. The Morgan fingerprint density at radius 1 is 1.00 bits per heavy atom. The Bertz CT molecular complexity index is 687. The summed E-state index contributed by atoms with van der Waals surface area (Å²) in [4.78, 5) is 4.35. The fourth-order valence-electron chi connectivity index (χ4n) is 2.23. The summed E-state index contributed by atoms with van der Waals surface area (Å²) in [7, 11) is 4.73. The molecule has 0 amide bonds. The number of benzene rings is 2. The van der Waals surface area contributed by atoms with Crippen LogP contribution in [-0.2, 0) is 6.54 Å². The van der Waals surface area contributed by atoms with Crippen LogP contribution in [0.15, 0.2) is 41.4 Å². The highest BCUT2D eigenvalue weighted by molar-refractivity contribution is 5.92. The van der Waals surface area contributed by atoms with Crippen LogP contribution in [0.4, 0.5) is 5.69 Å². The lowest BCUT2D eigenvalue weighted by Gasteiger charge is -2.13. The first-order valence-electron chi connectivity index (χ1n) is 7.50. The predicted octanol–water partition coefficient (Wildman–Crippen LogP) is 2.95. The molecule has 0 saturated heterocycles. The van der Waals surface area contributed by atoms with E-state index in [1.165, 1.54) is 5.56 Å². The van der Waals surface area contributed by atoms with Gasteiger partial charge in [-0.05, 0) is 36.8 Å². The van der Waals surface area contributed by atoms with Crippen molar-refractivity contribution in [2.45, 2.75) is 13.5 Å². The van der Waals surface area contributed by atoms with Gasteiger partial charge in [-0.15, -0.1) is 0 Å². The molecular formula is C18H23N3O3. The number of aliphatic imine (C=N–C) groups is 1. The third kappa shape index (κ3) is 4.32. The zero-order valence-corrected chi connectivity index (χ0v) is 14.4. The Hall–Kier alpha value is -2.89. The number of nitrogens with one attached hydrogen (secondary N) is 1. The maximum atomic E-state index is 5.94. The second kappa shape index (κ2) is 8.10. The molecule has 0 aliphatic rings. The second-order valence-corrected chi connectivity index (χ2v) is 5.23. The normalized spacial score (nSPS) is 11.1. The summed E-state index contributed by atoms with van der Waals surface area (Å²) in [6.07, 6.45) is 0. The summed E-state index contributed by atoms with van der Waals surface area (Å²) < 4.78 is 16.0. The van der Waals surface area contributed by atoms with Gasteiger partial charge in [0.25, 0.3) is 0 Å². The van der Waals surface area contributed by atoms with Gasteiger partial charge in [-0.3, -0.25) is 0 Å². The molecule has 0 atom stereocenters. The monoisotopic (exact) mass is 329 g/mol. The van der Waals surface area contributed by atoms with Crippen molar-refractivity contribution in [3.05, 3.63) is 47.5 Å². The first-order chi connectivity index (χ1) is 11.6. The van der Waals surface area contributed by atoms with E-state index in [0.29, 0.717) is 29.8 Å². The van der Waals surface area contributed by atoms with Crippen LogP contribution >= 0.6 is 0 Å². The Morgan fingerprint density at radius 2 is 1.58 bits per heavy atom. The van der Waals surface area contributed by atoms with E-state index in [2.05, 4.69) is 10.3 Å². The fraction of sp³-hybridized carbons (Fsp3) is 0.278. The standard InChI is InChI=1S/C18H23N3O3/c1-12-5-7-14(8-6-12)21-18(19)20-11-13-9-15(22-2)17(24-4)16(10-13)23-3/h5-10H,11H2,1-4H3,(H3,19,20,21). The molecule has 2 rings (SSSR count). The third-order valence-corrected chi connectivity index (χ3v) is 3.48. The van der Waals surface area contributed by atoms with Gasteiger partial charge in [0.15, 0.2) is 17.5 Å². The van der Waals surface area contributed by atoms with Crippen molar-refractivity contribution in [1.29, 1.82) is 0 Å². The molecule has 24 heavy (non-hydrogen) atoms. The summed E-state index contributed by atoms with van der Waals surface area (Å²) in [6, 6.07) is 11.6. The van der Waals surface area contributed by atoms with Gasteiger partial charge in [-0.1, -0.05) is 17.7 Å². The zero-order valence-electron chi connectivity index (χ0n) is 14.4. The van der Waals surface area contributed by atoms with E-state index in [1.54, 1.807) is 21.3 Å². The van der Waals surface area contributed by atoms with Crippen LogP contribution in [0.25, 0.3) is 0 Å². The average molecular weight is 329 g/mol. The summed E-state index contributed by atoms with van der Waals surface area (Å²) in [5, 5.41) is 3.06. The molecule has 0 saturated carbocycles. The van der Waals surface area contributed by atoms with Crippen molar-refractivity contribution in [3.63, 3.8) is 0 Å². The van der Waals surface area contributed by atoms with E-state index in [1.807, 2.05) is 43.3 Å². The number of aryl methyl sites for hydroxylation is 1. The number of rotatable bonds is 6. The lowest BCUT2D eigenvalue weighted by atomic mass is 10.2. The zero-order chi connectivity index (χ0) is 17.5. The summed E-state index contributed by atoms with van der Waals surface area (Å²) in [5.74, 6) is 2.07. The number of nitrogens with two attached hydrogens (primary N) is 1. The van der Waals surface area contributed by atoms with Crippen molar-refractivity contribution in [2.24, 2.45) is 10.7 Å². The van der Waals surface area contributed by atoms with Crippen molar-refractivity contribution >= 4 is 11.6 Å². The topological polar surface area (TPSA) is 78.1 Å². The van der Waals surface area contributed by atoms with Crippen molar-refractivity contribution in [2.75, 3.05) is 26.6 Å². The molecule has 3 N–H and O–H groups in total. The van der Waals surface area contributed by atoms with Crippen molar-refractivity contribution in [1.82, 2.24) is 0 Å². The molecule has 6 nitrogen and oxygen atoms in total. The molecule has 0 spiro atoms. The van der Waals surface area contributed by atoms with Gasteiger partial charge in [0, 0.05) is 5.69 Å². The van der Waals surface area contributed by atoms with Crippen molar-refractivity contribution < 1.29 is 14.2 Å². The minimum absolute atomic E-state index is 0.340. The van der Waals surface area contributed by atoms with Gasteiger partial charge < -0.3 is 25.3 Å². The van der Waals surface area contributed by atoms with Gasteiger partial charge in [0.05, 0.1) is 27.9 Å². The van der Waals surface area contributed by atoms with Gasteiger partial charge >= 0.3 is 0 Å². The van der Waals surface area contributed by atoms with E-state index in [-0.39, 0.29) is 0 Å². The van der Waals surface area contributed by atoms with E-state index < -0.39 is 0 Å². The van der Waals surface area contributed by atoms with Crippen LogP contribution in [0.1, 0.15) is 11.1 Å². The van der Waals surface area contributed by atoms with Crippen LogP contribution in [0.3, 0.4) is 0 Å². The highest BCUT2D eigenvalue weighted by atomic mass is 16.5. The fourth-order valence-corrected chi connectivity index (χ4v) is 2.23. The van der Waals surface area contributed by atoms with Crippen LogP contribution in [0, 0.1) is 6.92 Å². The van der Waals surface area contributed by atoms with Crippen molar-refractivity contribution in [3.8, 4) is 17.2 Å². The molecule has 2 aromatic carbocycles. The summed E-state index contributed by atoms with van der Waals surface area (Å²) >= 11 is 0. The largest absolute Gasteiger partial charge is 0.493 e. The van der Waals surface area contributed by atoms with E-state index >= 15 is 0 Å². The SMILES string of the molecule is COc1cc(CN=C(N)Nc2ccc(C)cc2)cc(OC)c1OC.